The Morgan fingerprint density at radius 3 is 2.58 bits per heavy atom. The number of hydrogen-bond donors (Lipinski definition) is 1. The number of halogens is 3. The minimum Gasteiger partial charge on any atom is -0.481 e. The summed E-state index contributed by atoms with van der Waals surface area (Å²) in [6.45, 7) is 2.65. The first-order valence-corrected chi connectivity index (χ1v) is 6.76. The monoisotopic (exact) mass is 279 g/mol. The second-order valence-corrected chi connectivity index (χ2v) is 6.15. The van der Waals surface area contributed by atoms with Gasteiger partial charge in [0.2, 0.25) is 0 Å². The van der Waals surface area contributed by atoms with Gasteiger partial charge in [-0.1, -0.05) is 6.42 Å². The number of carboxylic acid groups (broad SMARTS) is 1. The molecule has 0 aromatic rings. The van der Waals surface area contributed by atoms with Crippen molar-refractivity contribution in [1.82, 2.24) is 4.90 Å². The quantitative estimate of drug-likeness (QED) is 0.845. The lowest BCUT2D eigenvalue weighted by atomic mass is 9.84. The summed E-state index contributed by atoms with van der Waals surface area (Å²) in [5, 5.41) is 9.16. The summed E-state index contributed by atoms with van der Waals surface area (Å²) >= 11 is 0. The normalized spacial score (nSPS) is 37.5. The fourth-order valence-corrected chi connectivity index (χ4v) is 3.28. The van der Waals surface area contributed by atoms with E-state index in [0.717, 1.165) is 6.42 Å². The van der Waals surface area contributed by atoms with Crippen LogP contribution in [-0.2, 0) is 4.79 Å². The lowest BCUT2D eigenvalue weighted by Gasteiger charge is -2.36. The van der Waals surface area contributed by atoms with Gasteiger partial charge in [-0.2, -0.15) is 13.2 Å². The molecule has 1 aliphatic heterocycles. The van der Waals surface area contributed by atoms with Crippen molar-refractivity contribution in [3.05, 3.63) is 0 Å². The van der Waals surface area contributed by atoms with Gasteiger partial charge >= 0.3 is 12.1 Å². The van der Waals surface area contributed by atoms with Gasteiger partial charge in [-0.25, -0.2) is 0 Å². The molecule has 1 saturated heterocycles. The van der Waals surface area contributed by atoms with Crippen LogP contribution in [0, 0.1) is 11.3 Å². The van der Waals surface area contributed by atoms with Crippen LogP contribution in [0.5, 0.6) is 0 Å². The highest BCUT2D eigenvalue weighted by Gasteiger charge is 2.47. The Kier molecular flexibility index (Phi) is 3.82. The van der Waals surface area contributed by atoms with Crippen molar-refractivity contribution < 1.29 is 23.1 Å². The van der Waals surface area contributed by atoms with Crippen LogP contribution in [-0.4, -0.2) is 41.3 Å². The predicted molar refractivity (Wildman–Crippen MR) is 63.7 cm³/mol. The molecule has 0 spiro atoms. The van der Waals surface area contributed by atoms with Crippen LogP contribution in [0.1, 0.15) is 39.0 Å². The minimum absolute atomic E-state index is 0.110. The largest absolute Gasteiger partial charge is 0.481 e. The van der Waals surface area contributed by atoms with Gasteiger partial charge < -0.3 is 5.11 Å². The highest BCUT2D eigenvalue weighted by atomic mass is 19.4. The molecule has 3 unspecified atom stereocenters. The molecular weight excluding hydrogens is 259 g/mol. The topological polar surface area (TPSA) is 40.5 Å². The molecule has 1 N–H and O–H groups in total. The number of carbonyl (C=O) groups is 1. The van der Waals surface area contributed by atoms with Gasteiger partial charge in [-0.05, 0) is 39.2 Å². The average molecular weight is 279 g/mol. The van der Waals surface area contributed by atoms with Crippen molar-refractivity contribution in [3.8, 4) is 0 Å². The van der Waals surface area contributed by atoms with Gasteiger partial charge in [0.1, 0.15) is 0 Å². The summed E-state index contributed by atoms with van der Waals surface area (Å²) in [6.07, 6.45) is -1.93. The molecule has 0 aromatic heterocycles. The van der Waals surface area contributed by atoms with E-state index in [4.69, 9.17) is 5.11 Å². The zero-order valence-electron chi connectivity index (χ0n) is 11.0. The minimum atomic E-state index is -4.12. The highest BCUT2D eigenvalue weighted by Crippen LogP contribution is 2.41. The Balaban J connectivity index is 1.98. The van der Waals surface area contributed by atoms with Crippen LogP contribution < -0.4 is 0 Å². The second kappa shape index (κ2) is 4.96. The summed E-state index contributed by atoms with van der Waals surface area (Å²) in [7, 11) is 0. The molecule has 0 bridgehead atoms. The molecule has 1 aliphatic carbocycles. The highest BCUT2D eigenvalue weighted by molar-refractivity contribution is 5.74. The van der Waals surface area contributed by atoms with E-state index < -0.39 is 23.5 Å². The van der Waals surface area contributed by atoms with Gasteiger partial charge in [0.25, 0.3) is 0 Å². The van der Waals surface area contributed by atoms with E-state index in [2.05, 4.69) is 0 Å². The molecule has 110 valence electrons. The summed E-state index contributed by atoms with van der Waals surface area (Å²) < 4.78 is 38.3. The standard InChI is InChI=1S/C13H20F3NO2/c1-12(11(18)19)5-6-17(8-12)10-4-2-3-9(7-10)13(14,15)16/h9-10H,2-8H2,1H3,(H,18,19). The Morgan fingerprint density at radius 2 is 2.05 bits per heavy atom. The predicted octanol–water partition coefficient (Wildman–Crippen LogP) is 2.90. The van der Waals surface area contributed by atoms with E-state index >= 15 is 0 Å². The zero-order valence-corrected chi connectivity index (χ0v) is 11.0. The molecule has 0 amide bonds. The lowest BCUT2D eigenvalue weighted by molar-refractivity contribution is -0.186. The van der Waals surface area contributed by atoms with E-state index in [1.165, 1.54) is 0 Å². The molecule has 2 rings (SSSR count). The van der Waals surface area contributed by atoms with Crippen LogP contribution in [0.3, 0.4) is 0 Å². The third kappa shape index (κ3) is 3.04. The molecule has 0 aromatic carbocycles. The van der Waals surface area contributed by atoms with Crippen molar-refractivity contribution >= 4 is 5.97 Å². The number of hydrogen-bond acceptors (Lipinski definition) is 2. The van der Waals surface area contributed by atoms with Gasteiger partial charge in [0.15, 0.2) is 0 Å². The van der Waals surface area contributed by atoms with Gasteiger partial charge in [0, 0.05) is 12.6 Å². The first-order chi connectivity index (χ1) is 8.72. The molecule has 6 heteroatoms. The van der Waals surface area contributed by atoms with Crippen molar-refractivity contribution in [3.63, 3.8) is 0 Å². The number of alkyl halides is 3. The Morgan fingerprint density at radius 1 is 1.37 bits per heavy atom. The first-order valence-electron chi connectivity index (χ1n) is 6.76. The maximum Gasteiger partial charge on any atom is 0.391 e. The van der Waals surface area contributed by atoms with Gasteiger partial charge in [-0.3, -0.25) is 9.69 Å². The van der Waals surface area contributed by atoms with Crippen molar-refractivity contribution in [2.75, 3.05) is 13.1 Å². The second-order valence-electron chi connectivity index (χ2n) is 6.15. The van der Waals surface area contributed by atoms with Gasteiger partial charge in [0.05, 0.1) is 11.3 Å². The van der Waals surface area contributed by atoms with E-state index in [1.807, 2.05) is 4.90 Å². The number of likely N-dealkylation sites (tertiary alicyclic amines) is 1. The van der Waals surface area contributed by atoms with Crippen LogP contribution in [0.15, 0.2) is 0 Å². The Hall–Kier alpha value is -0.780. The maximum absolute atomic E-state index is 12.8. The van der Waals surface area contributed by atoms with E-state index in [9.17, 15) is 18.0 Å². The summed E-state index contributed by atoms with van der Waals surface area (Å²) in [5.41, 5.74) is -0.800. The molecule has 19 heavy (non-hydrogen) atoms. The number of nitrogens with zero attached hydrogens (tertiary/aromatic N) is 1. The summed E-state index contributed by atoms with van der Waals surface area (Å²) in [6, 6.07) is -0.110. The molecule has 3 atom stereocenters. The first kappa shape index (κ1) is 14.6. The van der Waals surface area contributed by atoms with E-state index in [-0.39, 0.29) is 18.9 Å². The van der Waals surface area contributed by atoms with Crippen LogP contribution >= 0.6 is 0 Å². The maximum atomic E-state index is 12.8. The lowest BCUT2D eigenvalue weighted by Crippen LogP contribution is -2.42. The number of rotatable bonds is 2. The van der Waals surface area contributed by atoms with Crippen LogP contribution in [0.2, 0.25) is 0 Å². The summed E-state index contributed by atoms with van der Waals surface area (Å²) in [5.74, 6) is -2.07. The van der Waals surface area contributed by atoms with E-state index in [1.54, 1.807) is 6.92 Å². The fourth-order valence-electron chi connectivity index (χ4n) is 3.28. The zero-order chi connectivity index (χ0) is 14.3. The third-order valence-electron chi connectivity index (χ3n) is 4.65. The molecule has 0 radical (unpaired) electrons. The van der Waals surface area contributed by atoms with Crippen LogP contribution in [0.4, 0.5) is 13.2 Å². The third-order valence-corrected chi connectivity index (χ3v) is 4.65. The van der Waals surface area contributed by atoms with Gasteiger partial charge in [-0.15, -0.1) is 0 Å². The van der Waals surface area contributed by atoms with Crippen molar-refractivity contribution in [2.45, 2.75) is 51.2 Å². The fraction of sp³-hybridized carbons (Fsp3) is 0.923. The van der Waals surface area contributed by atoms with Crippen LogP contribution in [0.25, 0.3) is 0 Å². The average Bonchev–Trinajstić information content (AvgIpc) is 2.73. The molecule has 1 saturated carbocycles. The summed E-state index contributed by atoms with van der Waals surface area (Å²) in [4.78, 5) is 13.1. The Labute approximate surface area is 110 Å². The van der Waals surface area contributed by atoms with Crippen molar-refractivity contribution in [1.29, 1.82) is 0 Å². The SMILES string of the molecule is CC1(C(=O)O)CCN(C2CCCC(C(F)(F)F)C2)C1. The van der Waals surface area contributed by atoms with E-state index in [0.29, 0.717) is 25.9 Å². The molecule has 1 heterocycles. The smallest absolute Gasteiger partial charge is 0.391 e. The number of carboxylic acids is 1. The molecule has 2 fully saturated rings. The molecule has 2 aliphatic rings. The van der Waals surface area contributed by atoms with Crippen molar-refractivity contribution in [2.24, 2.45) is 11.3 Å². The molecular formula is C13H20F3NO2. The molecule has 3 nitrogen and oxygen atoms in total. The number of aliphatic carboxylic acids is 1. The Bertz CT molecular complexity index is 358.